The topological polar surface area (TPSA) is 79.7 Å². The zero-order chi connectivity index (χ0) is 13.2. The van der Waals surface area contributed by atoms with Gasteiger partial charge in [0.1, 0.15) is 11.5 Å². The number of carboxylic acids is 1. The van der Waals surface area contributed by atoms with Crippen LogP contribution in [0.5, 0.6) is 0 Å². The van der Waals surface area contributed by atoms with Gasteiger partial charge in [0.2, 0.25) is 5.91 Å². The fourth-order valence-corrected chi connectivity index (χ4v) is 3.94. The Balaban J connectivity index is 1.77. The molecule has 7 heteroatoms. The van der Waals surface area contributed by atoms with Gasteiger partial charge in [-0.25, -0.2) is 4.98 Å². The third-order valence-corrected chi connectivity index (χ3v) is 4.83. The molecule has 0 saturated carbocycles. The van der Waals surface area contributed by atoms with Crippen molar-refractivity contribution in [3.63, 3.8) is 0 Å². The minimum Gasteiger partial charge on any atom is -0.481 e. The van der Waals surface area contributed by atoms with Crippen LogP contribution in [0.3, 0.4) is 0 Å². The van der Waals surface area contributed by atoms with Gasteiger partial charge in [-0.2, -0.15) is 0 Å². The van der Waals surface area contributed by atoms with Gasteiger partial charge in [-0.1, -0.05) is 12.2 Å². The van der Waals surface area contributed by atoms with E-state index in [0.29, 0.717) is 11.7 Å². The first-order chi connectivity index (χ1) is 9.12. The number of ether oxygens (including phenoxy) is 1. The van der Waals surface area contributed by atoms with E-state index >= 15 is 0 Å². The normalized spacial score (nSPS) is 39.1. The number of aliphatic carboxylic acids is 1. The van der Waals surface area contributed by atoms with Gasteiger partial charge >= 0.3 is 5.97 Å². The van der Waals surface area contributed by atoms with Gasteiger partial charge in [0, 0.05) is 11.6 Å². The third-order valence-electron chi connectivity index (χ3n) is 4.04. The van der Waals surface area contributed by atoms with Gasteiger partial charge < -0.3 is 9.84 Å². The highest BCUT2D eigenvalue weighted by Crippen LogP contribution is 2.52. The van der Waals surface area contributed by atoms with Crippen LogP contribution in [0.15, 0.2) is 23.7 Å². The van der Waals surface area contributed by atoms with Crippen LogP contribution in [-0.2, 0) is 14.3 Å². The highest BCUT2D eigenvalue weighted by atomic mass is 32.1. The zero-order valence-electron chi connectivity index (χ0n) is 9.72. The number of rotatable bonds is 2. The SMILES string of the molecule is O=C(O)[C@H]1[C@@H]2C=C[C@]3(CN(c4nccs4)C(=O)[C@@H]13)O2. The average Bonchev–Trinajstić information content (AvgIpc) is 3.09. The highest BCUT2D eigenvalue weighted by molar-refractivity contribution is 7.13. The summed E-state index contributed by atoms with van der Waals surface area (Å²) in [6, 6.07) is 0. The molecule has 19 heavy (non-hydrogen) atoms. The largest absolute Gasteiger partial charge is 0.481 e. The van der Waals surface area contributed by atoms with Gasteiger partial charge in [0.05, 0.1) is 18.6 Å². The average molecular weight is 278 g/mol. The van der Waals surface area contributed by atoms with E-state index in [4.69, 9.17) is 4.74 Å². The number of carbonyl (C=O) groups is 2. The van der Waals surface area contributed by atoms with E-state index in [-0.39, 0.29) is 5.91 Å². The second-order valence-electron chi connectivity index (χ2n) is 4.98. The standard InChI is InChI=1S/C12H10N2O4S/c15-9-8-7(10(16)17)6-1-2-12(8,18-6)5-14(9)11-13-3-4-19-11/h1-4,6-8H,5H2,(H,16,17)/t6-,7-,8+,12+/m0/s1. The lowest BCUT2D eigenvalue weighted by Gasteiger charge is -2.21. The van der Waals surface area contributed by atoms with Crippen molar-refractivity contribution in [2.24, 2.45) is 11.8 Å². The number of carboxylic acid groups (broad SMARTS) is 1. The molecule has 0 aliphatic carbocycles. The van der Waals surface area contributed by atoms with Crippen molar-refractivity contribution in [3.8, 4) is 0 Å². The lowest BCUT2D eigenvalue weighted by Crippen LogP contribution is -2.39. The predicted molar refractivity (Wildman–Crippen MR) is 65.8 cm³/mol. The molecule has 4 rings (SSSR count). The van der Waals surface area contributed by atoms with Crippen LogP contribution in [-0.4, -0.2) is 40.2 Å². The Hall–Kier alpha value is -1.73. The molecule has 2 bridgehead atoms. The lowest BCUT2D eigenvalue weighted by atomic mass is 9.77. The number of thiazole rings is 1. The minimum atomic E-state index is -0.976. The molecule has 3 aliphatic rings. The summed E-state index contributed by atoms with van der Waals surface area (Å²) in [6.07, 6.45) is 4.74. The maximum Gasteiger partial charge on any atom is 0.310 e. The Morgan fingerprint density at radius 1 is 1.63 bits per heavy atom. The van der Waals surface area contributed by atoms with Crippen LogP contribution in [0.25, 0.3) is 0 Å². The van der Waals surface area contributed by atoms with E-state index in [1.54, 1.807) is 17.7 Å². The van der Waals surface area contributed by atoms with Crippen molar-refractivity contribution in [3.05, 3.63) is 23.7 Å². The molecule has 0 unspecified atom stereocenters. The monoisotopic (exact) mass is 278 g/mol. The molecule has 1 amide bonds. The molecule has 2 saturated heterocycles. The molecule has 2 fully saturated rings. The number of hydrogen-bond acceptors (Lipinski definition) is 5. The smallest absolute Gasteiger partial charge is 0.310 e. The molecular formula is C12H10N2O4S. The number of fused-ring (bicyclic) bond motifs is 1. The molecule has 1 aromatic heterocycles. The van der Waals surface area contributed by atoms with Crippen molar-refractivity contribution >= 4 is 28.3 Å². The fraction of sp³-hybridized carbons (Fsp3) is 0.417. The number of amides is 1. The Bertz CT molecular complexity index is 599. The van der Waals surface area contributed by atoms with E-state index in [2.05, 4.69) is 4.98 Å². The molecule has 1 N–H and O–H groups in total. The van der Waals surface area contributed by atoms with Crippen LogP contribution in [0, 0.1) is 11.8 Å². The third kappa shape index (κ3) is 1.26. The Morgan fingerprint density at radius 3 is 3.16 bits per heavy atom. The van der Waals surface area contributed by atoms with Gasteiger partial charge in [-0.15, -0.1) is 11.3 Å². The number of carbonyl (C=O) groups excluding carboxylic acids is 1. The molecule has 1 spiro atoms. The number of anilines is 1. The van der Waals surface area contributed by atoms with E-state index in [0.717, 1.165) is 0 Å². The Labute approximate surface area is 112 Å². The number of hydrogen-bond donors (Lipinski definition) is 1. The van der Waals surface area contributed by atoms with Gasteiger partial charge in [-0.05, 0) is 0 Å². The summed E-state index contributed by atoms with van der Waals surface area (Å²) in [5.74, 6) is -2.60. The van der Waals surface area contributed by atoms with Crippen LogP contribution in [0.4, 0.5) is 5.13 Å². The summed E-state index contributed by atoms with van der Waals surface area (Å²) in [6.45, 7) is 0.348. The van der Waals surface area contributed by atoms with Crippen LogP contribution in [0.2, 0.25) is 0 Å². The molecule has 0 radical (unpaired) electrons. The fourth-order valence-electron chi connectivity index (χ4n) is 3.29. The molecule has 98 valence electrons. The molecule has 3 aliphatic heterocycles. The van der Waals surface area contributed by atoms with Crippen LogP contribution in [0.1, 0.15) is 0 Å². The first-order valence-corrected chi connectivity index (χ1v) is 6.81. The summed E-state index contributed by atoms with van der Waals surface area (Å²) in [4.78, 5) is 29.5. The van der Waals surface area contributed by atoms with Gasteiger partial charge in [-0.3, -0.25) is 14.5 Å². The van der Waals surface area contributed by atoms with Crippen molar-refractivity contribution in [2.75, 3.05) is 11.4 Å². The first-order valence-electron chi connectivity index (χ1n) is 5.93. The zero-order valence-corrected chi connectivity index (χ0v) is 10.5. The van der Waals surface area contributed by atoms with Crippen LogP contribution >= 0.6 is 11.3 Å². The summed E-state index contributed by atoms with van der Waals surface area (Å²) in [7, 11) is 0. The van der Waals surface area contributed by atoms with Crippen molar-refractivity contribution < 1.29 is 19.4 Å². The number of nitrogens with zero attached hydrogens (tertiary/aromatic N) is 2. The van der Waals surface area contributed by atoms with E-state index in [1.807, 2.05) is 6.08 Å². The summed E-state index contributed by atoms with van der Waals surface area (Å²) >= 11 is 1.36. The highest BCUT2D eigenvalue weighted by Gasteiger charge is 2.67. The predicted octanol–water partition coefficient (Wildman–Crippen LogP) is 0.514. The Morgan fingerprint density at radius 2 is 2.47 bits per heavy atom. The summed E-state index contributed by atoms with van der Waals surface area (Å²) in [5.41, 5.74) is -0.781. The molecular weight excluding hydrogens is 268 g/mol. The van der Waals surface area contributed by atoms with E-state index in [1.165, 1.54) is 16.2 Å². The molecule has 4 heterocycles. The van der Waals surface area contributed by atoms with Gasteiger partial charge in [0.15, 0.2) is 5.13 Å². The first kappa shape index (κ1) is 11.1. The minimum absolute atomic E-state index is 0.200. The Kier molecular flexibility index (Phi) is 2.01. The van der Waals surface area contributed by atoms with E-state index in [9.17, 15) is 14.7 Å². The second-order valence-corrected chi connectivity index (χ2v) is 5.85. The molecule has 4 atom stereocenters. The second kappa shape index (κ2) is 3.43. The molecule has 6 nitrogen and oxygen atoms in total. The number of aromatic nitrogens is 1. The summed E-state index contributed by atoms with van der Waals surface area (Å²) < 4.78 is 5.78. The quantitative estimate of drug-likeness (QED) is 0.797. The van der Waals surface area contributed by atoms with Crippen molar-refractivity contribution in [1.29, 1.82) is 0 Å². The van der Waals surface area contributed by atoms with Crippen molar-refractivity contribution in [2.45, 2.75) is 11.7 Å². The van der Waals surface area contributed by atoms with Gasteiger partial charge in [0.25, 0.3) is 0 Å². The molecule has 1 aromatic rings. The van der Waals surface area contributed by atoms with Crippen molar-refractivity contribution in [1.82, 2.24) is 4.98 Å². The maximum atomic E-state index is 12.5. The van der Waals surface area contributed by atoms with E-state index < -0.39 is 29.5 Å². The lowest BCUT2D eigenvalue weighted by molar-refractivity contribution is -0.146. The summed E-state index contributed by atoms with van der Waals surface area (Å²) in [5, 5.41) is 11.7. The van der Waals surface area contributed by atoms with Crippen LogP contribution < -0.4 is 4.90 Å². The molecule has 0 aromatic carbocycles. The maximum absolute atomic E-state index is 12.5.